The Bertz CT molecular complexity index is 597. The number of hydrogen-bond donors (Lipinski definition) is 0. The van der Waals surface area contributed by atoms with Crippen molar-refractivity contribution in [3.05, 3.63) is 64.7 Å². The van der Waals surface area contributed by atoms with Gasteiger partial charge in [0.1, 0.15) is 5.75 Å². The van der Waals surface area contributed by atoms with Gasteiger partial charge in [0, 0.05) is 5.56 Å². The number of aryl methyl sites for hydroxylation is 2. The van der Waals surface area contributed by atoms with Gasteiger partial charge < -0.3 is 4.74 Å². The smallest absolute Gasteiger partial charge is 0.200 e. The Hall–Kier alpha value is -2.09. The van der Waals surface area contributed by atoms with E-state index in [4.69, 9.17) is 4.74 Å². The summed E-state index contributed by atoms with van der Waals surface area (Å²) in [7, 11) is 0. The van der Waals surface area contributed by atoms with E-state index in [2.05, 4.69) is 6.92 Å². The lowest BCUT2D eigenvalue weighted by atomic mass is 10.1. The van der Waals surface area contributed by atoms with Gasteiger partial charge in [-0.15, -0.1) is 0 Å². The van der Waals surface area contributed by atoms with Crippen LogP contribution in [0.25, 0.3) is 0 Å². The molecule has 2 aromatic carbocycles. The predicted molar refractivity (Wildman–Crippen MR) is 81.6 cm³/mol. The first kappa shape index (κ1) is 14.3. The average Bonchev–Trinajstić information content (AvgIpc) is 2.48. The van der Waals surface area contributed by atoms with Crippen LogP contribution >= 0.6 is 0 Å². The lowest BCUT2D eigenvalue weighted by Gasteiger charge is -2.10. The monoisotopic (exact) mass is 268 g/mol. The van der Waals surface area contributed by atoms with Crippen LogP contribution in [-0.4, -0.2) is 12.4 Å². The first-order valence-electron chi connectivity index (χ1n) is 6.93. The third kappa shape index (κ3) is 3.27. The quantitative estimate of drug-likeness (QED) is 0.762. The van der Waals surface area contributed by atoms with Gasteiger partial charge in [-0.3, -0.25) is 4.79 Å². The van der Waals surface area contributed by atoms with Crippen LogP contribution in [0.5, 0.6) is 5.75 Å². The van der Waals surface area contributed by atoms with E-state index in [1.54, 1.807) is 0 Å². The number of Topliss-reactive ketones (excluding diaryl/α,β-unsaturated/α-hetero) is 1. The Morgan fingerprint density at radius 3 is 2.40 bits per heavy atom. The van der Waals surface area contributed by atoms with E-state index in [0.717, 1.165) is 17.7 Å². The molecule has 0 saturated heterocycles. The molecule has 104 valence electrons. The Morgan fingerprint density at radius 2 is 1.75 bits per heavy atom. The molecule has 0 aromatic heterocycles. The van der Waals surface area contributed by atoms with Gasteiger partial charge in [-0.2, -0.15) is 0 Å². The van der Waals surface area contributed by atoms with Crippen LogP contribution in [0.4, 0.5) is 0 Å². The van der Waals surface area contributed by atoms with Gasteiger partial charge in [0.05, 0.1) is 0 Å². The van der Waals surface area contributed by atoms with E-state index in [1.165, 1.54) is 11.1 Å². The van der Waals surface area contributed by atoms with E-state index < -0.39 is 0 Å². The highest BCUT2D eigenvalue weighted by Gasteiger charge is 2.08. The summed E-state index contributed by atoms with van der Waals surface area (Å²) in [5.41, 5.74) is 4.19. The summed E-state index contributed by atoms with van der Waals surface area (Å²) < 4.78 is 5.64. The summed E-state index contributed by atoms with van der Waals surface area (Å²) in [4.78, 5) is 12.1. The van der Waals surface area contributed by atoms with E-state index in [0.29, 0.717) is 5.56 Å². The summed E-state index contributed by atoms with van der Waals surface area (Å²) in [5, 5.41) is 0. The fourth-order valence-electron chi connectivity index (χ4n) is 2.03. The molecule has 0 amide bonds. The summed E-state index contributed by atoms with van der Waals surface area (Å²) in [5.74, 6) is 0.789. The molecule has 2 heteroatoms. The van der Waals surface area contributed by atoms with Gasteiger partial charge in [-0.25, -0.2) is 0 Å². The summed E-state index contributed by atoms with van der Waals surface area (Å²) in [6.45, 7) is 6.22. The molecule has 2 rings (SSSR count). The van der Waals surface area contributed by atoms with Crippen molar-refractivity contribution in [3.63, 3.8) is 0 Å². The van der Waals surface area contributed by atoms with Crippen LogP contribution in [0.3, 0.4) is 0 Å². The molecule has 0 radical (unpaired) electrons. The number of rotatable bonds is 5. The zero-order chi connectivity index (χ0) is 14.5. The molecule has 0 atom stereocenters. The van der Waals surface area contributed by atoms with Gasteiger partial charge in [0.2, 0.25) is 0 Å². The molecular weight excluding hydrogens is 248 g/mol. The average molecular weight is 268 g/mol. The number of carbonyl (C=O) groups excluding carboxylic acids is 1. The molecule has 0 saturated carbocycles. The van der Waals surface area contributed by atoms with Crippen molar-refractivity contribution in [2.75, 3.05) is 6.61 Å². The van der Waals surface area contributed by atoms with Crippen LogP contribution in [0.15, 0.2) is 42.5 Å². The zero-order valence-electron chi connectivity index (χ0n) is 12.3. The molecule has 0 aliphatic heterocycles. The molecule has 0 spiro atoms. The molecule has 2 nitrogen and oxygen atoms in total. The van der Waals surface area contributed by atoms with Crippen molar-refractivity contribution in [1.29, 1.82) is 0 Å². The van der Waals surface area contributed by atoms with Gasteiger partial charge in [-0.1, -0.05) is 43.3 Å². The van der Waals surface area contributed by atoms with Crippen molar-refractivity contribution in [2.45, 2.75) is 27.2 Å². The highest BCUT2D eigenvalue weighted by molar-refractivity contribution is 5.97. The third-order valence-electron chi connectivity index (χ3n) is 3.60. The topological polar surface area (TPSA) is 26.3 Å². The number of ketones is 1. The Morgan fingerprint density at radius 1 is 1.05 bits per heavy atom. The summed E-state index contributed by atoms with van der Waals surface area (Å²) in [6.07, 6.45) is 0.980. The first-order chi connectivity index (χ1) is 9.61. The van der Waals surface area contributed by atoms with Crippen molar-refractivity contribution >= 4 is 5.78 Å². The van der Waals surface area contributed by atoms with E-state index in [9.17, 15) is 4.79 Å². The SMILES string of the molecule is CCc1ccc(C(=O)COc2cccc(C)c2C)cc1. The van der Waals surface area contributed by atoms with Crippen LogP contribution in [0.2, 0.25) is 0 Å². The lowest BCUT2D eigenvalue weighted by molar-refractivity contribution is 0.0921. The molecule has 0 fully saturated rings. The Kier molecular flexibility index (Phi) is 4.57. The second kappa shape index (κ2) is 6.38. The van der Waals surface area contributed by atoms with Crippen molar-refractivity contribution in [3.8, 4) is 5.75 Å². The minimum atomic E-state index is 0.00793. The molecule has 20 heavy (non-hydrogen) atoms. The maximum Gasteiger partial charge on any atom is 0.200 e. The zero-order valence-corrected chi connectivity index (χ0v) is 12.3. The van der Waals surface area contributed by atoms with Crippen LogP contribution in [-0.2, 0) is 6.42 Å². The van der Waals surface area contributed by atoms with Crippen LogP contribution < -0.4 is 4.74 Å². The second-order valence-electron chi connectivity index (χ2n) is 4.96. The molecule has 0 aliphatic carbocycles. The van der Waals surface area contributed by atoms with Gasteiger partial charge in [0.15, 0.2) is 12.4 Å². The highest BCUT2D eigenvalue weighted by atomic mass is 16.5. The number of hydrogen-bond acceptors (Lipinski definition) is 2. The molecule has 0 unspecified atom stereocenters. The maximum absolute atomic E-state index is 12.1. The minimum absolute atomic E-state index is 0.00793. The van der Waals surface area contributed by atoms with Gasteiger partial charge >= 0.3 is 0 Å². The Labute approximate surface area is 120 Å². The van der Waals surface area contributed by atoms with Crippen molar-refractivity contribution in [2.24, 2.45) is 0 Å². The fraction of sp³-hybridized carbons (Fsp3) is 0.278. The minimum Gasteiger partial charge on any atom is -0.485 e. The normalized spacial score (nSPS) is 10.3. The van der Waals surface area contributed by atoms with Crippen molar-refractivity contribution < 1.29 is 9.53 Å². The molecule has 0 heterocycles. The van der Waals surface area contributed by atoms with E-state index >= 15 is 0 Å². The lowest BCUT2D eigenvalue weighted by Crippen LogP contribution is -2.12. The third-order valence-corrected chi connectivity index (χ3v) is 3.60. The molecule has 2 aromatic rings. The number of benzene rings is 2. The van der Waals surface area contributed by atoms with E-state index in [-0.39, 0.29) is 12.4 Å². The van der Waals surface area contributed by atoms with Crippen LogP contribution in [0.1, 0.15) is 34.0 Å². The first-order valence-corrected chi connectivity index (χ1v) is 6.93. The van der Waals surface area contributed by atoms with Crippen molar-refractivity contribution in [1.82, 2.24) is 0 Å². The Balaban J connectivity index is 2.02. The summed E-state index contributed by atoms with van der Waals surface area (Å²) in [6, 6.07) is 13.6. The van der Waals surface area contributed by atoms with Gasteiger partial charge in [0.25, 0.3) is 0 Å². The summed E-state index contributed by atoms with van der Waals surface area (Å²) >= 11 is 0. The molecular formula is C18H20O2. The standard InChI is InChI=1S/C18H20O2/c1-4-15-8-10-16(11-9-15)17(19)12-20-18-7-5-6-13(2)14(18)3/h5-11H,4,12H2,1-3H3. The van der Waals surface area contributed by atoms with Crippen LogP contribution in [0, 0.1) is 13.8 Å². The predicted octanol–water partition coefficient (Wildman–Crippen LogP) is 4.13. The number of carbonyl (C=O) groups is 1. The van der Waals surface area contributed by atoms with E-state index in [1.807, 2.05) is 56.3 Å². The highest BCUT2D eigenvalue weighted by Crippen LogP contribution is 2.20. The number of ether oxygens (including phenoxy) is 1. The molecule has 0 aliphatic rings. The second-order valence-corrected chi connectivity index (χ2v) is 4.96. The largest absolute Gasteiger partial charge is 0.485 e. The molecule has 0 bridgehead atoms. The molecule has 0 N–H and O–H groups in total. The maximum atomic E-state index is 12.1. The fourth-order valence-corrected chi connectivity index (χ4v) is 2.03. The van der Waals surface area contributed by atoms with Gasteiger partial charge in [-0.05, 0) is 43.0 Å².